The van der Waals surface area contributed by atoms with Crippen LogP contribution in [-0.2, 0) is 6.91 Å². The summed E-state index contributed by atoms with van der Waals surface area (Å²) in [5.41, 5.74) is 0. The summed E-state index contributed by atoms with van der Waals surface area (Å²) in [6, 6.07) is 0. The van der Waals surface area contributed by atoms with E-state index in [9.17, 15) is 3.74 Å². The third-order valence-electron chi connectivity index (χ3n) is 1.86. The van der Waals surface area contributed by atoms with Crippen LogP contribution < -0.4 is 0 Å². The number of rotatable bonds is 5. The Balaban J connectivity index is 1.95. The standard InChI is InChI=1S/C6H13AsO3S3/c8-7(9)10-12-13-11-6-4-2-1-3-5-6/h6-7H,1-5H2,(H,8,9). The van der Waals surface area contributed by atoms with Gasteiger partial charge in [-0.25, -0.2) is 0 Å². The third kappa shape index (κ3) is 6.42. The molecular weight excluding hydrogens is 291 g/mol. The van der Waals surface area contributed by atoms with E-state index in [1.807, 2.05) is 0 Å². The van der Waals surface area contributed by atoms with Gasteiger partial charge in [0.05, 0.1) is 0 Å². The van der Waals surface area contributed by atoms with Crippen LogP contribution in [0.3, 0.4) is 0 Å². The fraction of sp³-hybridized carbons (Fsp3) is 1.00. The fourth-order valence-electron chi connectivity index (χ4n) is 1.28. The second-order valence-electron chi connectivity index (χ2n) is 2.84. The van der Waals surface area contributed by atoms with Gasteiger partial charge in [-0.1, -0.05) is 0 Å². The predicted molar refractivity (Wildman–Crippen MR) is 60.8 cm³/mol. The summed E-state index contributed by atoms with van der Waals surface area (Å²) in [5.74, 6) is 0. The molecule has 13 heavy (non-hydrogen) atoms. The zero-order chi connectivity index (χ0) is 9.52. The van der Waals surface area contributed by atoms with Crippen LogP contribution in [0.5, 0.6) is 0 Å². The monoisotopic (exact) mass is 304 g/mol. The Morgan fingerprint density at radius 1 is 1.31 bits per heavy atom. The average Bonchev–Trinajstić information content (AvgIpc) is 2.14. The first-order valence-electron chi connectivity index (χ1n) is 4.18. The first-order valence-corrected chi connectivity index (χ1v) is 10.3. The van der Waals surface area contributed by atoms with Gasteiger partial charge in [-0.05, 0) is 0 Å². The Morgan fingerprint density at radius 3 is 2.62 bits per heavy atom. The van der Waals surface area contributed by atoms with Gasteiger partial charge in [0.1, 0.15) is 0 Å². The molecule has 1 N–H and O–H groups in total. The second kappa shape index (κ2) is 7.60. The van der Waals surface area contributed by atoms with E-state index in [0.29, 0.717) is 5.25 Å². The van der Waals surface area contributed by atoms with E-state index < -0.39 is 15.3 Å². The summed E-state index contributed by atoms with van der Waals surface area (Å²) >= 11 is -2.25. The van der Waals surface area contributed by atoms with Crippen LogP contribution in [0.2, 0.25) is 0 Å². The molecule has 1 aliphatic carbocycles. The molecule has 3 nitrogen and oxygen atoms in total. The van der Waals surface area contributed by atoms with Crippen molar-refractivity contribution in [3.05, 3.63) is 0 Å². The van der Waals surface area contributed by atoms with Gasteiger partial charge in [-0.2, -0.15) is 0 Å². The van der Waals surface area contributed by atoms with E-state index in [0.717, 1.165) is 11.1 Å². The minimum absolute atomic E-state index is 0.712. The number of hydrogen-bond acceptors (Lipinski definition) is 5. The summed E-state index contributed by atoms with van der Waals surface area (Å²) in [4.78, 5) is 0. The SMILES string of the molecule is O=[AsH](O)OSSSC1CCCCC1. The van der Waals surface area contributed by atoms with Crippen LogP contribution in [0.1, 0.15) is 32.1 Å². The van der Waals surface area contributed by atoms with Gasteiger partial charge < -0.3 is 0 Å². The van der Waals surface area contributed by atoms with Crippen molar-refractivity contribution in [3.8, 4) is 0 Å². The molecule has 0 amide bonds. The third-order valence-corrected chi connectivity index (χ3v) is 7.76. The van der Waals surface area contributed by atoms with Crippen molar-refractivity contribution in [3.63, 3.8) is 0 Å². The molecule has 0 heterocycles. The Morgan fingerprint density at radius 2 is 2.00 bits per heavy atom. The van der Waals surface area contributed by atoms with Gasteiger partial charge in [0, 0.05) is 0 Å². The molecule has 7 heteroatoms. The molecular formula is C6H13AsO3S3. The maximum atomic E-state index is 10.2. The van der Waals surface area contributed by atoms with Crippen molar-refractivity contribution in [2.75, 3.05) is 0 Å². The Bertz CT molecular complexity index is 163. The van der Waals surface area contributed by atoms with Crippen LogP contribution in [0, 0.1) is 0 Å². The minimum atomic E-state index is -3.30. The van der Waals surface area contributed by atoms with Gasteiger partial charge in [-0.3, -0.25) is 0 Å². The Labute approximate surface area is 95.0 Å². The molecule has 0 radical (unpaired) electrons. The fourth-order valence-corrected chi connectivity index (χ4v) is 7.51. The summed E-state index contributed by atoms with van der Waals surface area (Å²) in [7, 11) is 3.25. The zero-order valence-electron chi connectivity index (χ0n) is 7.10. The molecule has 1 rings (SSSR count). The van der Waals surface area contributed by atoms with Gasteiger partial charge in [0.25, 0.3) is 0 Å². The van der Waals surface area contributed by atoms with Crippen molar-refractivity contribution in [2.24, 2.45) is 0 Å². The molecule has 78 valence electrons. The molecule has 1 atom stereocenters. The van der Waals surface area contributed by atoms with Gasteiger partial charge in [-0.15, -0.1) is 0 Å². The van der Waals surface area contributed by atoms with Crippen LogP contribution >= 0.6 is 31.7 Å². The van der Waals surface area contributed by atoms with Crippen molar-refractivity contribution in [2.45, 2.75) is 37.4 Å². The van der Waals surface area contributed by atoms with Crippen LogP contribution in [0.15, 0.2) is 0 Å². The van der Waals surface area contributed by atoms with E-state index in [-0.39, 0.29) is 0 Å². The first-order chi connectivity index (χ1) is 6.29. The maximum absolute atomic E-state index is 10.2. The van der Waals surface area contributed by atoms with Crippen molar-refractivity contribution >= 4 is 47.0 Å². The number of hydrogen-bond donors (Lipinski definition) is 1. The van der Waals surface area contributed by atoms with Crippen molar-refractivity contribution in [1.82, 2.24) is 0 Å². The molecule has 0 aromatic carbocycles. The Hall–Kier alpha value is 1.33. The zero-order valence-corrected chi connectivity index (χ0v) is 11.6. The molecule has 0 spiro atoms. The van der Waals surface area contributed by atoms with Crippen LogP contribution in [0.4, 0.5) is 0 Å². The summed E-state index contributed by atoms with van der Waals surface area (Å²) < 4.78 is 23.2. The quantitative estimate of drug-likeness (QED) is 0.364. The van der Waals surface area contributed by atoms with E-state index >= 15 is 0 Å². The Kier molecular flexibility index (Phi) is 7.25. The molecule has 1 unspecified atom stereocenters. The molecule has 0 aliphatic heterocycles. The predicted octanol–water partition coefficient (Wildman–Crippen LogP) is 2.42. The van der Waals surface area contributed by atoms with Crippen molar-refractivity contribution < 1.29 is 11.0 Å². The van der Waals surface area contributed by atoms with E-state index in [1.54, 1.807) is 10.8 Å². The normalized spacial score (nSPS) is 21.6. The topological polar surface area (TPSA) is 46.5 Å². The van der Waals surface area contributed by atoms with E-state index in [1.165, 1.54) is 41.9 Å². The summed E-state index contributed by atoms with van der Waals surface area (Å²) in [6.45, 7) is 0. The summed E-state index contributed by atoms with van der Waals surface area (Å²) in [6.07, 6.45) is 6.56. The molecule has 1 fully saturated rings. The van der Waals surface area contributed by atoms with Crippen LogP contribution in [-0.4, -0.2) is 24.6 Å². The van der Waals surface area contributed by atoms with Gasteiger partial charge >= 0.3 is 95.3 Å². The average molecular weight is 304 g/mol. The van der Waals surface area contributed by atoms with Gasteiger partial charge in [0.2, 0.25) is 0 Å². The summed E-state index contributed by atoms with van der Waals surface area (Å²) in [5, 5.41) is 0.712. The molecule has 1 aliphatic rings. The van der Waals surface area contributed by atoms with Crippen LogP contribution in [0.25, 0.3) is 0 Å². The molecule has 1 saturated carbocycles. The second-order valence-corrected chi connectivity index (χ2v) is 8.92. The van der Waals surface area contributed by atoms with E-state index in [2.05, 4.69) is 3.17 Å². The first kappa shape index (κ1) is 12.4. The molecule has 0 saturated heterocycles. The molecule has 0 bridgehead atoms. The molecule has 0 aromatic heterocycles. The molecule has 0 aromatic rings. The van der Waals surface area contributed by atoms with E-state index in [4.69, 9.17) is 4.10 Å². The van der Waals surface area contributed by atoms with Gasteiger partial charge in [0.15, 0.2) is 0 Å². The van der Waals surface area contributed by atoms with Crippen molar-refractivity contribution in [1.29, 1.82) is 0 Å².